The average Bonchev–Trinajstić information content (AvgIpc) is 2.59. The minimum Gasteiger partial charge on any atom is -0.339 e. The molecule has 0 unspecified atom stereocenters. The van der Waals surface area contributed by atoms with Crippen molar-refractivity contribution in [2.24, 2.45) is 17.6 Å². The van der Waals surface area contributed by atoms with E-state index >= 15 is 0 Å². The highest BCUT2D eigenvalue weighted by Crippen LogP contribution is 2.27. The zero-order valence-electron chi connectivity index (χ0n) is 15.5. The van der Waals surface area contributed by atoms with Crippen molar-refractivity contribution in [1.82, 2.24) is 9.80 Å². The molecule has 138 valence electrons. The van der Waals surface area contributed by atoms with Crippen LogP contribution >= 0.6 is 0 Å². The van der Waals surface area contributed by atoms with E-state index in [-0.39, 0.29) is 11.8 Å². The smallest absolute Gasteiger partial charge is 0.239 e. The molecule has 0 bridgehead atoms. The van der Waals surface area contributed by atoms with Gasteiger partial charge in [-0.1, -0.05) is 46.0 Å². The van der Waals surface area contributed by atoms with Crippen molar-refractivity contribution in [3.63, 3.8) is 0 Å². The van der Waals surface area contributed by atoms with Crippen LogP contribution in [0.15, 0.2) is 0 Å². The van der Waals surface area contributed by atoms with Crippen molar-refractivity contribution in [2.45, 2.75) is 71.3 Å². The van der Waals surface area contributed by atoms with Gasteiger partial charge in [-0.05, 0) is 24.7 Å². The Bertz CT molecular complexity index is 411. The summed E-state index contributed by atoms with van der Waals surface area (Å²) in [4.78, 5) is 28.5. The molecule has 1 saturated carbocycles. The molecule has 2 amide bonds. The summed E-state index contributed by atoms with van der Waals surface area (Å²) in [6.07, 6.45) is 9.04. The Kier molecular flexibility index (Phi) is 7.53. The third-order valence-corrected chi connectivity index (χ3v) is 5.48. The van der Waals surface area contributed by atoms with E-state index < -0.39 is 6.04 Å². The normalized spacial score (nSPS) is 21.2. The number of carbonyl (C=O) groups is 2. The number of hydrogen-bond donors (Lipinski definition) is 1. The molecule has 0 aromatic carbocycles. The molecule has 1 saturated heterocycles. The van der Waals surface area contributed by atoms with Crippen molar-refractivity contribution in [2.75, 3.05) is 26.2 Å². The van der Waals surface area contributed by atoms with Gasteiger partial charge in [0.1, 0.15) is 0 Å². The largest absolute Gasteiger partial charge is 0.339 e. The quantitative estimate of drug-likeness (QED) is 0.809. The second-order valence-electron chi connectivity index (χ2n) is 7.98. The molecule has 0 aromatic heterocycles. The fourth-order valence-corrected chi connectivity index (χ4v) is 3.98. The van der Waals surface area contributed by atoms with E-state index in [0.29, 0.717) is 38.5 Å². The number of nitrogens with zero attached hydrogens (tertiary/aromatic N) is 2. The molecular weight excluding hydrogens is 302 g/mol. The average molecular weight is 338 g/mol. The predicted molar refractivity (Wildman–Crippen MR) is 96.4 cm³/mol. The Morgan fingerprint density at radius 3 is 2.17 bits per heavy atom. The summed E-state index contributed by atoms with van der Waals surface area (Å²) in [5.74, 6) is 1.48. The van der Waals surface area contributed by atoms with E-state index in [2.05, 4.69) is 13.8 Å². The van der Waals surface area contributed by atoms with Crippen molar-refractivity contribution >= 4 is 11.8 Å². The number of carbonyl (C=O) groups excluding carboxylic acids is 2. The zero-order chi connectivity index (χ0) is 17.5. The molecule has 0 spiro atoms. The summed E-state index contributed by atoms with van der Waals surface area (Å²) < 4.78 is 0. The lowest BCUT2D eigenvalue weighted by Crippen LogP contribution is -2.54. The molecule has 2 rings (SSSR count). The van der Waals surface area contributed by atoms with E-state index in [1.54, 1.807) is 0 Å². The van der Waals surface area contributed by atoms with Crippen LogP contribution in [-0.4, -0.2) is 53.8 Å². The standard InChI is InChI=1S/C19H35N3O2/c1-15(2)14-17(20)19(24)22-12-10-21(11-13-22)18(23)9-8-16-6-4-3-5-7-16/h15-17H,3-14,20H2,1-2H3/t17-/m0/s1. The van der Waals surface area contributed by atoms with Crippen LogP contribution in [0.5, 0.6) is 0 Å². The molecule has 5 heteroatoms. The molecule has 1 aliphatic carbocycles. The van der Waals surface area contributed by atoms with Crippen molar-refractivity contribution in [3.05, 3.63) is 0 Å². The van der Waals surface area contributed by atoms with Gasteiger partial charge in [-0.25, -0.2) is 0 Å². The Balaban J connectivity index is 1.69. The van der Waals surface area contributed by atoms with Gasteiger partial charge < -0.3 is 15.5 Å². The zero-order valence-corrected chi connectivity index (χ0v) is 15.5. The second-order valence-corrected chi connectivity index (χ2v) is 7.98. The first-order valence-electron chi connectivity index (χ1n) is 9.79. The summed E-state index contributed by atoms with van der Waals surface area (Å²) in [5, 5.41) is 0. The maximum Gasteiger partial charge on any atom is 0.239 e. The predicted octanol–water partition coefficient (Wildman–Crippen LogP) is 2.39. The Labute approximate surface area is 146 Å². The topological polar surface area (TPSA) is 66.6 Å². The van der Waals surface area contributed by atoms with Crippen molar-refractivity contribution < 1.29 is 9.59 Å². The number of piperazine rings is 1. The molecule has 24 heavy (non-hydrogen) atoms. The van der Waals surface area contributed by atoms with Gasteiger partial charge >= 0.3 is 0 Å². The first-order chi connectivity index (χ1) is 11.5. The van der Waals surface area contributed by atoms with Crippen LogP contribution in [0.4, 0.5) is 0 Å². The molecular formula is C19H35N3O2. The molecule has 0 radical (unpaired) electrons. The molecule has 2 fully saturated rings. The van der Waals surface area contributed by atoms with Crippen LogP contribution in [0.25, 0.3) is 0 Å². The highest BCUT2D eigenvalue weighted by molar-refractivity contribution is 5.82. The number of amides is 2. The Morgan fingerprint density at radius 2 is 1.58 bits per heavy atom. The molecule has 1 heterocycles. The monoisotopic (exact) mass is 337 g/mol. The number of rotatable bonds is 6. The fraction of sp³-hybridized carbons (Fsp3) is 0.895. The van der Waals surface area contributed by atoms with Gasteiger partial charge in [0.25, 0.3) is 0 Å². The molecule has 1 aliphatic heterocycles. The van der Waals surface area contributed by atoms with Gasteiger partial charge in [0.2, 0.25) is 11.8 Å². The first kappa shape index (κ1) is 19.2. The number of hydrogen-bond acceptors (Lipinski definition) is 3. The van der Waals surface area contributed by atoms with Crippen LogP contribution in [0.2, 0.25) is 0 Å². The Morgan fingerprint density at radius 1 is 1.00 bits per heavy atom. The summed E-state index contributed by atoms with van der Waals surface area (Å²) in [6.45, 7) is 6.72. The van der Waals surface area contributed by atoms with E-state index in [0.717, 1.165) is 18.8 Å². The number of nitrogens with two attached hydrogens (primary N) is 1. The van der Waals surface area contributed by atoms with Crippen molar-refractivity contribution in [3.8, 4) is 0 Å². The van der Waals surface area contributed by atoms with Crippen molar-refractivity contribution in [1.29, 1.82) is 0 Å². The van der Waals surface area contributed by atoms with E-state index in [1.165, 1.54) is 32.1 Å². The lowest BCUT2D eigenvalue weighted by molar-refractivity contribution is -0.140. The molecule has 5 nitrogen and oxygen atoms in total. The van der Waals surface area contributed by atoms with Crippen LogP contribution in [0.1, 0.15) is 65.2 Å². The van der Waals surface area contributed by atoms with Gasteiger partial charge in [-0.3, -0.25) is 9.59 Å². The Hall–Kier alpha value is -1.10. The SMILES string of the molecule is CC(C)C[C@H](N)C(=O)N1CCN(C(=O)CCC2CCCCC2)CC1. The summed E-state index contributed by atoms with van der Waals surface area (Å²) in [6, 6.07) is -0.404. The van der Waals surface area contributed by atoms with Gasteiger partial charge in [-0.15, -0.1) is 0 Å². The minimum absolute atomic E-state index is 0.0398. The van der Waals surface area contributed by atoms with Gasteiger partial charge in [0, 0.05) is 32.6 Å². The van der Waals surface area contributed by atoms with Crippen LogP contribution in [0, 0.1) is 11.8 Å². The molecule has 1 atom stereocenters. The highest BCUT2D eigenvalue weighted by atomic mass is 16.2. The van der Waals surface area contributed by atoms with Gasteiger partial charge in [0.05, 0.1) is 6.04 Å². The highest BCUT2D eigenvalue weighted by Gasteiger charge is 2.27. The van der Waals surface area contributed by atoms with Gasteiger partial charge in [-0.2, -0.15) is 0 Å². The van der Waals surface area contributed by atoms with Crippen LogP contribution < -0.4 is 5.73 Å². The minimum atomic E-state index is -0.404. The lowest BCUT2D eigenvalue weighted by Gasteiger charge is -2.36. The maximum absolute atomic E-state index is 12.4. The summed E-state index contributed by atoms with van der Waals surface area (Å²) in [5.41, 5.74) is 6.00. The molecule has 0 aromatic rings. The lowest BCUT2D eigenvalue weighted by atomic mass is 9.86. The maximum atomic E-state index is 12.4. The third kappa shape index (κ3) is 5.76. The van der Waals surface area contributed by atoms with Crippen LogP contribution in [-0.2, 0) is 9.59 Å². The van der Waals surface area contributed by atoms with E-state index in [9.17, 15) is 9.59 Å². The molecule has 2 aliphatic rings. The van der Waals surface area contributed by atoms with Gasteiger partial charge in [0.15, 0.2) is 0 Å². The third-order valence-electron chi connectivity index (χ3n) is 5.48. The fourth-order valence-electron chi connectivity index (χ4n) is 3.98. The van der Waals surface area contributed by atoms with E-state index in [4.69, 9.17) is 5.73 Å². The van der Waals surface area contributed by atoms with Crippen LogP contribution in [0.3, 0.4) is 0 Å². The summed E-state index contributed by atoms with van der Waals surface area (Å²) in [7, 11) is 0. The summed E-state index contributed by atoms with van der Waals surface area (Å²) >= 11 is 0. The molecule has 2 N–H and O–H groups in total. The first-order valence-corrected chi connectivity index (χ1v) is 9.79. The second kappa shape index (κ2) is 9.40. The van der Waals surface area contributed by atoms with E-state index in [1.807, 2.05) is 9.80 Å².